The van der Waals surface area contributed by atoms with E-state index in [1.807, 2.05) is 0 Å². The van der Waals surface area contributed by atoms with Crippen molar-refractivity contribution in [2.45, 2.75) is 0 Å². The fourth-order valence-electron chi connectivity index (χ4n) is 0.235. The van der Waals surface area contributed by atoms with E-state index in [0.717, 1.165) is 0 Å². The standard InChI is InChI=1S/C5H8ClNO/c1-7-5(8)3-2-4-6/h2-3H,4H2,1H3,(H,7,8)/b3-2+. The molecular formula is C5H8ClNO. The van der Waals surface area contributed by atoms with Gasteiger partial charge in [0, 0.05) is 19.0 Å². The molecule has 0 spiro atoms. The zero-order valence-electron chi connectivity index (χ0n) is 4.65. The molecule has 0 atom stereocenters. The summed E-state index contributed by atoms with van der Waals surface area (Å²) in [4.78, 5) is 10.3. The molecule has 1 amide bonds. The van der Waals surface area contributed by atoms with Crippen LogP contribution in [0.15, 0.2) is 12.2 Å². The topological polar surface area (TPSA) is 29.1 Å². The fraction of sp³-hybridized carbons (Fsp3) is 0.400. The van der Waals surface area contributed by atoms with Crippen molar-refractivity contribution in [1.82, 2.24) is 5.32 Å². The van der Waals surface area contributed by atoms with Gasteiger partial charge in [0.25, 0.3) is 0 Å². The summed E-state index contributed by atoms with van der Waals surface area (Å²) >= 11 is 5.24. The highest BCUT2D eigenvalue weighted by molar-refractivity contribution is 6.19. The highest BCUT2D eigenvalue weighted by Gasteiger charge is 1.83. The number of amides is 1. The Bertz CT molecular complexity index is 101. The van der Waals surface area contributed by atoms with Crippen LogP contribution in [0.25, 0.3) is 0 Å². The van der Waals surface area contributed by atoms with Crippen LogP contribution in [0.2, 0.25) is 0 Å². The zero-order valence-corrected chi connectivity index (χ0v) is 5.40. The summed E-state index contributed by atoms with van der Waals surface area (Å²) in [5, 5.41) is 2.42. The molecule has 0 unspecified atom stereocenters. The monoisotopic (exact) mass is 133 g/mol. The number of hydrogen-bond acceptors (Lipinski definition) is 1. The Hall–Kier alpha value is -0.500. The third kappa shape index (κ3) is 3.68. The van der Waals surface area contributed by atoms with Crippen LogP contribution in [0.1, 0.15) is 0 Å². The third-order valence-electron chi connectivity index (χ3n) is 0.605. The van der Waals surface area contributed by atoms with Crippen molar-refractivity contribution in [3.05, 3.63) is 12.2 Å². The lowest BCUT2D eigenvalue weighted by Gasteiger charge is -1.85. The summed E-state index contributed by atoms with van der Waals surface area (Å²) in [7, 11) is 1.57. The van der Waals surface area contributed by atoms with Crippen LogP contribution in [-0.2, 0) is 4.79 Å². The molecule has 8 heavy (non-hydrogen) atoms. The van der Waals surface area contributed by atoms with Crippen molar-refractivity contribution < 1.29 is 4.79 Å². The second-order valence-electron chi connectivity index (χ2n) is 1.17. The number of alkyl halides is 1. The lowest BCUT2D eigenvalue weighted by Crippen LogP contribution is -2.13. The highest BCUT2D eigenvalue weighted by Crippen LogP contribution is 1.76. The fourth-order valence-corrected chi connectivity index (χ4v) is 0.324. The van der Waals surface area contributed by atoms with Crippen molar-refractivity contribution in [1.29, 1.82) is 0 Å². The SMILES string of the molecule is CNC(=O)/C=C/CCl. The van der Waals surface area contributed by atoms with Gasteiger partial charge >= 0.3 is 0 Å². The summed E-state index contributed by atoms with van der Waals surface area (Å²) in [6.45, 7) is 0. The van der Waals surface area contributed by atoms with Crippen LogP contribution in [0, 0.1) is 0 Å². The molecule has 3 heteroatoms. The number of carbonyl (C=O) groups is 1. The molecule has 0 aromatic rings. The van der Waals surface area contributed by atoms with Gasteiger partial charge < -0.3 is 5.32 Å². The number of rotatable bonds is 2. The average Bonchev–Trinajstić information content (AvgIpc) is 1.83. The Balaban J connectivity index is 3.37. The van der Waals surface area contributed by atoms with E-state index in [1.165, 1.54) is 6.08 Å². The molecule has 0 saturated heterocycles. The largest absolute Gasteiger partial charge is 0.356 e. The van der Waals surface area contributed by atoms with Gasteiger partial charge in [-0.2, -0.15) is 0 Å². The molecule has 0 saturated carbocycles. The van der Waals surface area contributed by atoms with Gasteiger partial charge in [0.1, 0.15) is 0 Å². The van der Waals surface area contributed by atoms with E-state index < -0.39 is 0 Å². The minimum absolute atomic E-state index is 0.120. The second-order valence-corrected chi connectivity index (χ2v) is 1.48. The van der Waals surface area contributed by atoms with Gasteiger partial charge in [-0.15, -0.1) is 11.6 Å². The van der Waals surface area contributed by atoms with Crippen LogP contribution < -0.4 is 5.32 Å². The Morgan fingerprint density at radius 3 is 2.88 bits per heavy atom. The minimum atomic E-state index is -0.120. The van der Waals surface area contributed by atoms with E-state index in [9.17, 15) is 4.79 Å². The quantitative estimate of drug-likeness (QED) is 0.432. The van der Waals surface area contributed by atoms with Crippen LogP contribution in [0.5, 0.6) is 0 Å². The lowest BCUT2D eigenvalue weighted by molar-refractivity contribution is -0.116. The van der Waals surface area contributed by atoms with E-state index in [-0.39, 0.29) is 5.91 Å². The molecule has 0 bridgehead atoms. The molecule has 0 fully saturated rings. The van der Waals surface area contributed by atoms with Crippen molar-refractivity contribution >= 4 is 17.5 Å². The molecule has 46 valence electrons. The van der Waals surface area contributed by atoms with Gasteiger partial charge in [0.05, 0.1) is 0 Å². The molecule has 0 aliphatic rings. The summed E-state index contributed by atoms with van der Waals surface area (Å²) in [6.07, 6.45) is 2.98. The maximum Gasteiger partial charge on any atom is 0.243 e. The van der Waals surface area contributed by atoms with E-state index in [2.05, 4.69) is 5.32 Å². The summed E-state index contributed by atoms with van der Waals surface area (Å²) in [6, 6.07) is 0. The second kappa shape index (κ2) is 4.65. The molecule has 0 rings (SSSR count). The normalized spacial score (nSPS) is 9.75. The van der Waals surface area contributed by atoms with Crippen LogP contribution in [-0.4, -0.2) is 18.8 Å². The lowest BCUT2D eigenvalue weighted by atomic mass is 10.5. The first-order valence-corrected chi connectivity index (χ1v) is 2.79. The Kier molecular flexibility index (Phi) is 4.36. The molecule has 0 heterocycles. The summed E-state index contributed by atoms with van der Waals surface area (Å²) < 4.78 is 0. The van der Waals surface area contributed by atoms with Crippen LogP contribution in [0.3, 0.4) is 0 Å². The van der Waals surface area contributed by atoms with Crippen molar-refractivity contribution in [3.63, 3.8) is 0 Å². The molecule has 0 aliphatic carbocycles. The van der Waals surface area contributed by atoms with Gasteiger partial charge in [-0.05, 0) is 0 Å². The molecular weight excluding hydrogens is 126 g/mol. The van der Waals surface area contributed by atoms with Gasteiger partial charge in [-0.3, -0.25) is 4.79 Å². The molecule has 0 aromatic heterocycles. The van der Waals surface area contributed by atoms with E-state index in [4.69, 9.17) is 11.6 Å². The van der Waals surface area contributed by atoms with Gasteiger partial charge in [0.2, 0.25) is 5.91 Å². The van der Waals surface area contributed by atoms with Gasteiger partial charge in [0.15, 0.2) is 0 Å². The minimum Gasteiger partial charge on any atom is -0.356 e. The number of halogens is 1. The molecule has 1 N–H and O–H groups in total. The number of nitrogens with one attached hydrogen (secondary N) is 1. The highest BCUT2D eigenvalue weighted by atomic mass is 35.5. The Morgan fingerprint density at radius 2 is 2.50 bits per heavy atom. The molecule has 2 nitrogen and oxygen atoms in total. The maximum atomic E-state index is 10.3. The van der Waals surface area contributed by atoms with Gasteiger partial charge in [-0.25, -0.2) is 0 Å². The number of hydrogen-bond donors (Lipinski definition) is 1. The van der Waals surface area contributed by atoms with E-state index >= 15 is 0 Å². The van der Waals surface area contributed by atoms with E-state index in [1.54, 1.807) is 13.1 Å². The first kappa shape index (κ1) is 7.50. The summed E-state index contributed by atoms with van der Waals surface area (Å²) in [5.74, 6) is 0.263. The third-order valence-corrected chi connectivity index (χ3v) is 0.783. The first-order chi connectivity index (χ1) is 3.81. The maximum absolute atomic E-state index is 10.3. The van der Waals surface area contributed by atoms with Crippen LogP contribution >= 0.6 is 11.6 Å². The molecule has 0 aromatic carbocycles. The smallest absolute Gasteiger partial charge is 0.243 e. The first-order valence-electron chi connectivity index (χ1n) is 2.25. The van der Waals surface area contributed by atoms with Crippen molar-refractivity contribution in [2.24, 2.45) is 0 Å². The summed E-state index contributed by atoms with van der Waals surface area (Å²) in [5.41, 5.74) is 0. The zero-order chi connectivity index (χ0) is 6.41. The molecule has 0 radical (unpaired) electrons. The molecule has 0 aliphatic heterocycles. The van der Waals surface area contributed by atoms with Gasteiger partial charge in [-0.1, -0.05) is 6.08 Å². The Morgan fingerprint density at radius 1 is 1.88 bits per heavy atom. The van der Waals surface area contributed by atoms with Crippen LogP contribution in [0.4, 0.5) is 0 Å². The average molecular weight is 134 g/mol. The predicted octanol–water partition coefficient (Wildman–Crippen LogP) is 0.527. The van der Waals surface area contributed by atoms with E-state index in [0.29, 0.717) is 5.88 Å². The van der Waals surface area contributed by atoms with Crippen molar-refractivity contribution in [2.75, 3.05) is 12.9 Å². The predicted molar refractivity (Wildman–Crippen MR) is 33.9 cm³/mol. The Labute approximate surface area is 53.5 Å². The number of carbonyl (C=O) groups excluding carboxylic acids is 1. The number of allylic oxidation sites excluding steroid dienone is 1. The number of likely N-dealkylation sites (N-methyl/N-ethyl adjacent to an activating group) is 1. The van der Waals surface area contributed by atoms with Crippen molar-refractivity contribution in [3.8, 4) is 0 Å².